The fourth-order valence-electron chi connectivity index (χ4n) is 2.54. The van der Waals surface area contributed by atoms with Crippen molar-refractivity contribution < 1.29 is 28.5 Å². The number of carbonyl (C=O) groups is 2. The third-order valence-corrected chi connectivity index (χ3v) is 3.61. The molecule has 0 aliphatic rings. The Morgan fingerprint density at radius 1 is 0.958 bits per heavy atom. The zero-order valence-corrected chi connectivity index (χ0v) is 15.1. The molecule has 0 aliphatic heterocycles. The molecular weight excluding hydrogens is 314 g/mol. The molecule has 24 heavy (non-hydrogen) atoms. The normalized spacial score (nSPS) is 10.7. The van der Waals surface area contributed by atoms with Crippen LogP contribution in [0.25, 0.3) is 0 Å². The van der Waals surface area contributed by atoms with Gasteiger partial charge in [-0.05, 0) is 33.3 Å². The second-order valence-electron chi connectivity index (χ2n) is 5.13. The molecule has 0 N–H and O–H groups in total. The lowest BCUT2D eigenvalue weighted by atomic mass is 10.1. The molecule has 1 aromatic heterocycles. The minimum absolute atomic E-state index is 0.265. The molecule has 0 fully saturated rings. The highest BCUT2D eigenvalue weighted by Crippen LogP contribution is 2.24. The number of aromatic nitrogens is 1. The Morgan fingerprint density at radius 2 is 1.58 bits per heavy atom. The van der Waals surface area contributed by atoms with E-state index in [9.17, 15) is 9.59 Å². The van der Waals surface area contributed by atoms with E-state index in [2.05, 4.69) is 0 Å². The van der Waals surface area contributed by atoms with E-state index in [1.54, 1.807) is 39.4 Å². The first kappa shape index (κ1) is 20.2. The number of nitrogens with zero attached hydrogens (tertiary/aromatic N) is 1. The molecule has 136 valence electrons. The molecule has 1 aromatic rings. The van der Waals surface area contributed by atoms with E-state index in [-0.39, 0.29) is 13.2 Å². The zero-order chi connectivity index (χ0) is 18.1. The van der Waals surface area contributed by atoms with E-state index in [1.807, 2.05) is 0 Å². The van der Waals surface area contributed by atoms with Gasteiger partial charge in [0.25, 0.3) is 0 Å². The van der Waals surface area contributed by atoms with Crippen molar-refractivity contribution in [3.63, 3.8) is 0 Å². The predicted octanol–water partition coefficient (Wildman–Crippen LogP) is 2.12. The SMILES string of the molecule is CCOC(=O)c1c(C)c(C(=O)OCC)n(CCOCCOC)c1C. The lowest BCUT2D eigenvalue weighted by Crippen LogP contribution is -2.17. The average molecular weight is 341 g/mol. The van der Waals surface area contributed by atoms with Crippen molar-refractivity contribution in [2.24, 2.45) is 0 Å². The van der Waals surface area contributed by atoms with Crippen molar-refractivity contribution in [2.75, 3.05) is 40.1 Å². The maximum atomic E-state index is 12.3. The molecule has 0 saturated heterocycles. The molecule has 0 unspecified atom stereocenters. The van der Waals surface area contributed by atoms with Gasteiger partial charge in [0.05, 0.1) is 38.6 Å². The molecule has 0 spiro atoms. The standard InChI is InChI=1S/C17H27NO6/c1-6-23-16(19)14-12(3)15(17(20)24-7-2)18(13(14)4)8-9-22-11-10-21-5/h6-11H2,1-5H3. The average Bonchev–Trinajstić information content (AvgIpc) is 2.78. The van der Waals surface area contributed by atoms with Crippen LogP contribution in [0.3, 0.4) is 0 Å². The molecule has 0 bridgehead atoms. The summed E-state index contributed by atoms with van der Waals surface area (Å²) in [5.41, 5.74) is 2.02. The highest BCUT2D eigenvalue weighted by molar-refractivity contribution is 5.99. The molecule has 1 heterocycles. The van der Waals surface area contributed by atoms with Crippen LogP contribution in [0.5, 0.6) is 0 Å². The summed E-state index contributed by atoms with van der Waals surface area (Å²) in [5, 5.41) is 0. The van der Waals surface area contributed by atoms with Crippen molar-refractivity contribution in [1.82, 2.24) is 4.57 Å². The summed E-state index contributed by atoms with van der Waals surface area (Å²) in [6.07, 6.45) is 0. The van der Waals surface area contributed by atoms with Crippen molar-refractivity contribution in [1.29, 1.82) is 0 Å². The van der Waals surface area contributed by atoms with E-state index >= 15 is 0 Å². The highest BCUT2D eigenvalue weighted by Gasteiger charge is 2.27. The van der Waals surface area contributed by atoms with Crippen LogP contribution in [0.1, 0.15) is 46.0 Å². The topological polar surface area (TPSA) is 76.0 Å². The van der Waals surface area contributed by atoms with Crippen LogP contribution in [0.2, 0.25) is 0 Å². The Kier molecular flexibility index (Phi) is 8.49. The van der Waals surface area contributed by atoms with Gasteiger partial charge in [0.15, 0.2) is 0 Å². The largest absolute Gasteiger partial charge is 0.462 e. The number of rotatable bonds is 10. The fraction of sp³-hybridized carbons (Fsp3) is 0.647. The van der Waals surface area contributed by atoms with Crippen LogP contribution in [0, 0.1) is 13.8 Å². The first-order valence-corrected chi connectivity index (χ1v) is 8.10. The third kappa shape index (κ3) is 4.82. The zero-order valence-electron chi connectivity index (χ0n) is 15.1. The summed E-state index contributed by atoms with van der Waals surface area (Å²) < 4.78 is 22.4. The van der Waals surface area contributed by atoms with Gasteiger partial charge in [-0.25, -0.2) is 9.59 Å². The van der Waals surface area contributed by atoms with Gasteiger partial charge in [-0.3, -0.25) is 0 Å². The van der Waals surface area contributed by atoms with Crippen molar-refractivity contribution >= 4 is 11.9 Å². The van der Waals surface area contributed by atoms with Crippen LogP contribution in [0.4, 0.5) is 0 Å². The van der Waals surface area contributed by atoms with Crippen LogP contribution < -0.4 is 0 Å². The van der Waals surface area contributed by atoms with Crippen LogP contribution >= 0.6 is 0 Å². The number of ether oxygens (including phenoxy) is 4. The summed E-state index contributed by atoms with van der Waals surface area (Å²) in [6.45, 7) is 9.35. The maximum absolute atomic E-state index is 12.3. The van der Waals surface area contributed by atoms with Gasteiger partial charge < -0.3 is 23.5 Å². The Morgan fingerprint density at radius 3 is 2.17 bits per heavy atom. The summed E-state index contributed by atoms with van der Waals surface area (Å²) in [4.78, 5) is 24.5. The fourth-order valence-corrected chi connectivity index (χ4v) is 2.54. The number of esters is 2. The molecule has 0 atom stereocenters. The highest BCUT2D eigenvalue weighted by atomic mass is 16.5. The van der Waals surface area contributed by atoms with Crippen LogP contribution in [0.15, 0.2) is 0 Å². The summed E-state index contributed by atoms with van der Waals surface area (Å²) in [5.74, 6) is -0.886. The second-order valence-corrected chi connectivity index (χ2v) is 5.13. The minimum atomic E-state index is -0.453. The molecule has 0 aliphatic carbocycles. The molecule has 7 heteroatoms. The number of hydrogen-bond donors (Lipinski definition) is 0. The van der Waals surface area contributed by atoms with E-state index in [0.29, 0.717) is 48.9 Å². The first-order valence-electron chi connectivity index (χ1n) is 8.10. The molecule has 0 aromatic carbocycles. The Labute approximate surface area is 142 Å². The van der Waals surface area contributed by atoms with Crippen molar-refractivity contribution in [3.8, 4) is 0 Å². The Balaban J connectivity index is 3.10. The van der Waals surface area contributed by atoms with E-state index in [4.69, 9.17) is 18.9 Å². The molecular formula is C17H27NO6. The summed E-state index contributed by atoms with van der Waals surface area (Å²) in [7, 11) is 1.60. The second kappa shape index (κ2) is 10.1. The summed E-state index contributed by atoms with van der Waals surface area (Å²) in [6, 6.07) is 0. The molecule has 0 radical (unpaired) electrons. The third-order valence-electron chi connectivity index (χ3n) is 3.61. The molecule has 7 nitrogen and oxygen atoms in total. The molecule has 1 rings (SSSR count). The number of methoxy groups -OCH3 is 1. The van der Waals surface area contributed by atoms with Crippen LogP contribution in [-0.4, -0.2) is 56.6 Å². The lowest BCUT2D eigenvalue weighted by Gasteiger charge is -2.12. The molecule has 0 amide bonds. The van der Waals surface area contributed by atoms with Crippen LogP contribution in [-0.2, 0) is 25.5 Å². The smallest absolute Gasteiger partial charge is 0.355 e. The summed E-state index contributed by atoms with van der Waals surface area (Å²) >= 11 is 0. The first-order chi connectivity index (χ1) is 11.5. The van der Waals surface area contributed by atoms with Gasteiger partial charge >= 0.3 is 11.9 Å². The number of carbonyl (C=O) groups excluding carboxylic acids is 2. The van der Waals surface area contributed by atoms with Gasteiger partial charge in [0.2, 0.25) is 0 Å². The lowest BCUT2D eigenvalue weighted by molar-refractivity contribution is 0.0496. The van der Waals surface area contributed by atoms with E-state index < -0.39 is 11.9 Å². The molecule has 0 saturated carbocycles. The van der Waals surface area contributed by atoms with Gasteiger partial charge in [-0.1, -0.05) is 0 Å². The number of hydrogen-bond acceptors (Lipinski definition) is 6. The van der Waals surface area contributed by atoms with Crippen molar-refractivity contribution in [3.05, 3.63) is 22.5 Å². The van der Waals surface area contributed by atoms with Gasteiger partial charge in [-0.15, -0.1) is 0 Å². The Bertz CT molecular complexity index is 564. The monoisotopic (exact) mass is 341 g/mol. The van der Waals surface area contributed by atoms with Gasteiger partial charge in [-0.2, -0.15) is 0 Å². The van der Waals surface area contributed by atoms with Gasteiger partial charge in [0, 0.05) is 19.3 Å². The Hall–Kier alpha value is -1.86. The minimum Gasteiger partial charge on any atom is -0.462 e. The van der Waals surface area contributed by atoms with E-state index in [1.165, 1.54) is 0 Å². The van der Waals surface area contributed by atoms with Crippen molar-refractivity contribution in [2.45, 2.75) is 34.2 Å². The van der Waals surface area contributed by atoms with E-state index in [0.717, 1.165) is 0 Å². The van der Waals surface area contributed by atoms with Gasteiger partial charge in [0.1, 0.15) is 5.69 Å². The quantitative estimate of drug-likeness (QED) is 0.479. The predicted molar refractivity (Wildman–Crippen MR) is 88.5 cm³/mol. The maximum Gasteiger partial charge on any atom is 0.355 e.